The standard InChI is InChI=1S/C24H26N8O2S2/c33-19(11-9-17-5-3-13-25-15-17)27-23-31-29-21(35-23)7-1-2-8-22-30-32-24(36-22)28-20(34)12-10-18-6-4-14-26-16-18/h3-6,13-16H,1-2,7-12H2,(H,27,31,33)(H,28,32,34). The topological polar surface area (TPSA) is 136 Å². The van der Waals surface area contributed by atoms with Crippen LogP contribution >= 0.6 is 22.7 Å². The predicted octanol–water partition coefficient (Wildman–Crippen LogP) is 3.89. The van der Waals surface area contributed by atoms with Crippen molar-refractivity contribution in [1.29, 1.82) is 0 Å². The van der Waals surface area contributed by atoms with Crippen molar-refractivity contribution in [3.05, 3.63) is 70.2 Å². The van der Waals surface area contributed by atoms with Crippen molar-refractivity contribution < 1.29 is 9.59 Å². The fourth-order valence-corrected chi connectivity index (χ4v) is 4.93. The summed E-state index contributed by atoms with van der Waals surface area (Å²) < 4.78 is 0. The van der Waals surface area contributed by atoms with Crippen molar-refractivity contribution in [2.24, 2.45) is 0 Å². The van der Waals surface area contributed by atoms with Gasteiger partial charge in [0.05, 0.1) is 0 Å². The smallest absolute Gasteiger partial charge is 0.226 e. The molecular weight excluding hydrogens is 496 g/mol. The monoisotopic (exact) mass is 522 g/mol. The first-order valence-electron chi connectivity index (χ1n) is 11.7. The van der Waals surface area contributed by atoms with Gasteiger partial charge >= 0.3 is 0 Å². The molecule has 2 N–H and O–H groups in total. The molecule has 186 valence electrons. The maximum absolute atomic E-state index is 12.1. The number of hydrogen-bond acceptors (Lipinski definition) is 10. The fourth-order valence-electron chi connectivity index (χ4n) is 3.33. The number of aromatic nitrogens is 6. The molecule has 0 aliphatic rings. The molecule has 0 saturated heterocycles. The molecule has 0 aromatic carbocycles. The zero-order chi connectivity index (χ0) is 25.0. The number of pyridine rings is 2. The number of carbonyl (C=O) groups excluding carboxylic acids is 2. The van der Waals surface area contributed by atoms with Gasteiger partial charge in [-0.15, -0.1) is 20.4 Å². The Morgan fingerprint density at radius 3 is 1.56 bits per heavy atom. The molecule has 0 unspecified atom stereocenters. The van der Waals surface area contributed by atoms with Crippen LogP contribution in [-0.2, 0) is 35.3 Å². The van der Waals surface area contributed by atoms with E-state index in [0.29, 0.717) is 35.9 Å². The van der Waals surface area contributed by atoms with E-state index in [1.165, 1.54) is 22.7 Å². The van der Waals surface area contributed by atoms with Gasteiger partial charge < -0.3 is 10.6 Å². The van der Waals surface area contributed by atoms with Gasteiger partial charge in [0.2, 0.25) is 22.1 Å². The van der Waals surface area contributed by atoms with Gasteiger partial charge in [0.15, 0.2) is 0 Å². The van der Waals surface area contributed by atoms with Gasteiger partial charge in [-0.3, -0.25) is 19.6 Å². The number of amides is 2. The molecule has 4 rings (SSSR count). The Kier molecular flexibility index (Phi) is 9.51. The average molecular weight is 523 g/mol. The van der Waals surface area contributed by atoms with Crippen LogP contribution in [0.15, 0.2) is 49.1 Å². The summed E-state index contributed by atoms with van der Waals surface area (Å²) in [4.78, 5) is 32.4. The largest absolute Gasteiger partial charge is 0.301 e. The number of unbranched alkanes of at least 4 members (excludes halogenated alkanes) is 1. The first-order chi connectivity index (χ1) is 17.6. The Morgan fingerprint density at radius 1 is 0.667 bits per heavy atom. The molecular formula is C24H26N8O2S2. The summed E-state index contributed by atoms with van der Waals surface area (Å²) in [6, 6.07) is 7.62. The highest BCUT2D eigenvalue weighted by Gasteiger charge is 2.11. The van der Waals surface area contributed by atoms with Crippen molar-refractivity contribution in [2.45, 2.75) is 51.4 Å². The third kappa shape index (κ3) is 8.54. The van der Waals surface area contributed by atoms with Gasteiger partial charge in [-0.2, -0.15) is 0 Å². The Balaban J connectivity index is 1.11. The minimum Gasteiger partial charge on any atom is -0.301 e. The minimum absolute atomic E-state index is 0.0854. The van der Waals surface area contributed by atoms with Crippen molar-refractivity contribution >= 4 is 44.8 Å². The molecule has 0 saturated carbocycles. The Bertz CT molecular complexity index is 1150. The highest BCUT2D eigenvalue weighted by atomic mass is 32.1. The van der Waals surface area contributed by atoms with E-state index in [4.69, 9.17) is 0 Å². The van der Waals surface area contributed by atoms with Crippen LogP contribution in [0.2, 0.25) is 0 Å². The minimum atomic E-state index is -0.0854. The molecule has 2 amide bonds. The fraction of sp³-hybridized carbons (Fsp3) is 0.333. The third-order valence-electron chi connectivity index (χ3n) is 5.18. The second-order valence-corrected chi connectivity index (χ2v) is 10.2. The van der Waals surface area contributed by atoms with E-state index in [2.05, 4.69) is 41.0 Å². The third-order valence-corrected chi connectivity index (χ3v) is 6.98. The maximum Gasteiger partial charge on any atom is 0.226 e. The molecule has 12 heteroatoms. The summed E-state index contributed by atoms with van der Waals surface area (Å²) in [5.41, 5.74) is 2.05. The van der Waals surface area contributed by atoms with Crippen LogP contribution in [0.25, 0.3) is 0 Å². The van der Waals surface area contributed by atoms with E-state index in [9.17, 15) is 9.59 Å². The molecule has 0 spiro atoms. The predicted molar refractivity (Wildman–Crippen MR) is 139 cm³/mol. The second kappa shape index (κ2) is 13.4. The van der Waals surface area contributed by atoms with Crippen LogP contribution in [-0.4, -0.2) is 42.2 Å². The van der Waals surface area contributed by atoms with E-state index in [1.807, 2.05) is 24.3 Å². The summed E-state index contributed by atoms with van der Waals surface area (Å²) in [5, 5.41) is 24.9. The number of anilines is 2. The van der Waals surface area contributed by atoms with E-state index in [0.717, 1.165) is 46.8 Å². The van der Waals surface area contributed by atoms with Gasteiger partial charge in [0, 0.05) is 50.5 Å². The van der Waals surface area contributed by atoms with E-state index in [1.54, 1.807) is 24.8 Å². The summed E-state index contributed by atoms with van der Waals surface area (Å²) in [6.45, 7) is 0. The number of nitrogens with zero attached hydrogens (tertiary/aromatic N) is 6. The van der Waals surface area contributed by atoms with Crippen LogP contribution in [0.4, 0.5) is 10.3 Å². The molecule has 0 aliphatic carbocycles. The molecule has 36 heavy (non-hydrogen) atoms. The molecule has 0 radical (unpaired) electrons. The van der Waals surface area contributed by atoms with Crippen molar-refractivity contribution in [3.63, 3.8) is 0 Å². The Labute approximate surface area is 216 Å². The zero-order valence-corrected chi connectivity index (χ0v) is 21.2. The van der Waals surface area contributed by atoms with E-state index < -0.39 is 0 Å². The van der Waals surface area contributed by atoms with Crippen LogP contribution in [0.1, 0.15) is 46.8 Å². The van der Waals surface area contributed by atoms with Crippen LogP contribution < -0.4 is 10.6 Å². The Morgan fingerprint density at radius 2 is 1.14 bits per heavy atom. The van der Waals surface area contributed by atoms with Crippen molar-refractivity contribution in [3.8, 4) is 0 Å². The van der Waals surface area contributed by atoms with Gasteiger partial charge in [0.1, 0.15) is 10.0 Å². The number of carbonyl (C=O) groups is 2. The number of rotatable bonds is 13. The lowest BCUT2D eigenvalue weighted by molar-refractivity contribution is -0.117. The van der Waals surface area contributed by atoms with Gasteiger partial charge in [-0.25, -0.2) is 0 Å². The zero-order valence-electron chi connectivity index (χ0n) is 19.6. The van der Waals surface area contributed by atoms with Crippen LogP contribution in [0.5, 0.6) is 0 Å². The van der Waals surface area contributed by atoms with Crippen molar-refractivity contribution in [2.75, 3.05) is 10.6 Å². The SMILES string of the molecule is O=C(CCc1cccnc1)Nc1nnc(CCCCc2nnc(NC(=O)CCc3cccnc3)s2)s1. The summed E-state index contributed by atoms with van der Waals surface area (Å²) in [6.07, 6.45) is 12.3. The summed E-state index contributed by atoms with van der Waals surface area (Å²) in [5.74, 6) is -0.171. The molecule has 0 atom stereocenters. The summed E-state index contributed by atoms with van der Waals surface area (Å²) >= 11 is 2.80. The highest BCUT2D eigenvalue weighted by molar-refractivity contribution is 7.15. The lowest BCUT2D eigenvalue weighted by Crippen LogP contribution is -2.12. The van der Waals surface area contributed by atoms with E-state index in [-0.39, 0.29) is 11.8 Å². The number of aryl methyl sites for hydroxylation is 4. The molecule has 4 heterocycles. The molecule has 4 aromatic rings. The normalized spacial score (nSPS) is 10.8. The molecule has 0 fully saturated rings. The molecule has 0 bridgehead atoms. The first kappa shape index (κ1) is 25.5. The first-order valence-corrected chi connectivity index (χ1v) is 13.3. The van der Waals surface area contributed by atoms with Gasteiger partial charge in [-0.05, 0) is 48.9 Å². The average Bonchev–Trinajstić information content (AvgIpc) is 3.54. The molecule has 10 nitrogen and oxygen atoms in total. The van der Waals surface area contributed by atoms with Gasteiger partial charge in [0.25, 0.3) is 0 Å². The van der Waals surface area contributed by atoms with Crippen LogP contribution in [0.3, 0.4) is 0 Å². The van der Waals surface area contributed by atoms with Gasteiger partial charge in [-0.1, -0.05) is 34.8 Å². The number of nitrogens with one attached hydrogen (secondary N) is 2. The van der Waals surface area contributed by atoms with Crippen molar-refractivity contribution in [1.82, 2.24) is 30.4 Å². The van der Waals surface area contributed by atoms with E-state index >= 15 is 0 Å². The lowest BCUT2D eigenvalue weighted by Gasteiger charge is -2.01. The highest BCUT2D eigenvalue weighted by Crippen LogP contribution is 2.20. The lowest BCUT2D eigenvalue weighted by atomic mass is 10.1. The quantitative estimate of drug-likeness (QED) is 0.253. The molecule has 4 aromatic heterocycles. The second-order valence-electron chi connectivity index (χ2n) is 8.03. The Hall–Kier alpha value is -3.64. The molecule has 0 aliphatic heterocycles. The maximum atomic E-state index is 12.1. The van der Waals surface area contributed by atoms with Crippen LogP contribution in [0, 0.1) is 0 Å². The summed E-state index contributed by atoms with van der Waals surface area (Å²) in [7, 11) is 0. The number of hydrogen-bond donors (Lipinski definition) is 2.